The van der Waals surface area contributed by atoms with Gasteiger partial charge in [0.2, 0.25) is 0 Å². The highest BCUT2D eigenvalue weighted by Crippen LogP contribution is 2.21. The van der Waals surface area contributed by atoms with Crippen molar-refractivity contribution in [1.29, 1.82) is 0 Å². The quantitative estimate of drug-likeness (QED) is 0.468. The number of hydrogen-bond donors (Lipinski definition) is 2. The van der Waals surface area contributed by atoms with E-state index in [1.54, 1.807) is 11.8 Å². The lowest BCUT2D eigenvalue weighted by atomic mass is 9.95. The van der Waals surface area contributed by atoms with Gasteiger partial charge in [-0.3, -0.25) is 4.99 Å². The van der Waals surface area contributed by atoms with Gasteiger partial charge >= 0.3 is 0 Å². The third-order valence-corrected chi connectivity index (χ3v) is 4.97. The molecule has 1 aliphatic heterocycles. The Morgan fingerprint density at radius 1 is 1.33 bits per heavy atom. The largest absolute Gasteiger partial charge is 0.388 e. The summed E-state index contributed by atoms with van der Waals surface area (Å²) in [6.07, 6.45) is 3.38. The van der Waals surface area contributed by atoms with Crippen molar-refractivity contribution in [2.45, 2.75) is 36.8 Å². The lowest BCUT2D eigenvalue weighted by molar-refractivity contribution is -0.0566. The van der Waals surface area contributed by atoms with Gasteiger partial charge in [0.05, 0.1) is 12.1 Å². The monoisotopic (exact) mass is 351 g/mol. The molecule has 0 unspecified atom stereocenters. The van der Waals surface area contributed by atoms with Crippen LogP contribution in [0.2, 0.25) is 0 Å². The summed E-state index contributed by atoms with van der Waals surface area (Å²) in [7, 11) is 2.03. The Morgan fingerprint density at radius 2 is 2.00 bits per heavy atom. The molecular weight excluding hydrogens is 322 g/mol. The first-order chi connectivity index (χ1) is 11.6. The zero-order valence-electron chi connectivity index (χ0n) is 14.9. The molecule has 0 saturated carbocycles. The van der Waals surface area contributed by atoms with Crippen LogP contribution in [0, 0.1) is 0 Å². The first kappa shape index (κ1) is 19.1. The fourth-order valence-corrected chi connectivity index (χ4v) is 3.09. The summed E-state index contributed by atoms with van der Waals surface area (Å²) in [5.74, 6) is 0.825. The maximum Gasteiger partial charge on any atom is 0.194 e. The summed E-state index contributed by atoms with van der Waals surface area (Å²) >= 11 is 1.75. The molecule has 1 fully saturated rings. The average molecular weight is 352 g/mol. The summed E-state index contributed by atoms with van der Waals surface area (Å²) in [5, 5.41) is 13.9. The maximum atomic E-state index is 10.6. The second-order valence-corrected chi connectivity index (χ2v) is 7.09. The van der Waals surface area contributed by atoms with Crippen LogP contribution in [-0.4, -0.2) is 61.2 Å². The predicted molar refractivity (Wildman–Crippen MR) is 101 cm³/mol. The number of benzene rings is 1. The van der Waals surface area contributed by atoms with Crippen LogP contribution in [0.1, 0.15) is 25.3 Å². The number of guanidine groups is 1. The molecule has 1 aliphatic rings. The normalized spacial score (nSPS) is 17.6. The van der Waals surface area contributed by atoms with E-state index < -0.39 is 5.60 Å². The molecule has 1 heterocycles. The first-order valence-corrected chi connectivity index (χ1v) is 9.71. The third kappa shape index (κ3) is 5.69. The van der Waals surface area contributed by atoms with Gasteiger partial charge in [-0.15, -0.1) is 11.8 Å². The summed E-state index contributed by atoms with van der Waals surface area (Å²) in [5.41, 5.74) is 0.505. The highest BCUT2D eigenvalue weighted by molar-refractivity contribution is 7.98. The fraction of sp³-hybridized carbons (Fsp3) is 0.611. The predicted octanol–water partition coefficient (Wildman–Crippen LogP) is 2.35. The average Bonchev–Trinajstić information content (AvgIpc) is 2.60. The topological polar surface area (TPSA) is 57.1 Å². The number of rotatable bonds is 6. The van der Waals surface area contributed by atoms with Crippen molar-refractivity contribution in [3.63, 3.8) is 0 Å². The second kappa shape index (κ2) is 9.30. The Labute approximate surface area is 149 Å². The smallest absolute Gasteiger partial charge is 0.194 e. The zero-order valence-corrected chi connectivity index (χ0v) is 15.7. The molecule has 2 rings (SSSR count). The van der Waals surface area contributed by atoms with Gasteiger partial charge in [0, 0.05) is 51.1 Å². The van der Waals surface area contributed by atoms with Crippen molar-refractivity contribution in [2.75, 3.05) is 39.6 Å². The molecule has 2 N–H and O–H groups in total. The number of thioether (sulfide) groups is 1. The van der Waals surface area contributed by atoms with Crippen LogP contribution in [0.25, 0.3) is 0 Å². The molecule has 6 heteroatoms. The molecular formula is C18H29N3O2S. The second-order valence-electron chi connectivity index (χ2n) is 6.21. The summed E-state index contributed by atoms with van der Waals surface area (Å²) in [4.78, 5) is 8.03. The minimum Gasteiger partial charge on any atom is -0.388 e. The standard InChI is InChI=1S/C18H29N3O2S/c1-4-19-17(20-14-18(22)9-11-23-12-10-18)21(2)13-15-5-7-16(24-3)8-6-15/h5-8,22H,4,9-14H2,1-3H3,(H,19,20). The molecule has 5 nitrogen and oxygen atoms in total. The Bertz CT molecular complexity index is 528. The molecule has 134 valence electrons. The van der Waals surface area contributed by atoms with Gasteiger partial charge in [0.15, 0.2) is 5.96 Å². The fourth-order valence-electron chi connectivity index (χ4n) is 2.68. The molecule has 0 aliphatic carbocycles. The number of aliphatic imine (C=N–C) groups is 1. The van der Waals surface area contributed by atoms with Crippen molar-refractivity contribution in [3.05, 3.63) is 29.8 Å². The highest BCUT2D eigenvalue weighted by Gasteiger charge is 2.29. The van der Waals surface area contributed by atoms with Gasteiger partial charge in [0.25, 0.3) is 0 Å². The van der Waals surface area contributed by atoms with Gasteiger partial charge in [-0.05, 0) is 30.9 Å². The lowest BCUT2D eigenvalue weighted by Gasteiger charge is -2.31. The van der Waals surface area contributed by atoms with Crippen LogP contribution in [0.4, 0.5) is 0 Å². The molecule has 0 amide bonds. The van der Waals surface area contributed by atoms with E-state index in [1.165, 1.54) is 10.5 Å². The molecule has 1 aromatic rings. The van der Waals surface area contributed by atoms with Gasteiger partial charge in [-0.1, -0.05) is 12.1 Å². The Kier molecular flexibility index (Phi) is 7.40. The van der Waals surface area contributed by atoms with E-state index in [9.17, 15) is 5.11 Å². The van der Waals surface area contributed by atoms with Crippen LogP contribution in [0.5, 0.6) is 0 Å². The molecule has 0 aromatic heterocycles. The van der Waals surface area contributed by atoms with E-state index in [-0.39, 0.29) is 0 Å². The van der Waals surface area contributed by atoms with Crippen molar-refractivity contribution in [3.8, 4) is 0 Å². The van der Waals surface area contributed by atoms with Crippen molar-refractivity contribution in [2.24, 2.45) is 4.99 Å². The molecule has 1 saturated heterocycles. The van der Waals surface area contributed by atoms with Gasteiger partial charge in [-0.25, -0.2) is 0 Å². The first-order valence-electron chi connectivity index (χ1n) is 8.49. The molecule has 1 aromatic carbocycles. The number of nitrogens with one attached hydrogen (secondary N) is 1. The van der Waals surface area contributed by atoms with Crippen molar-refractivity contribution in [1.82, 2.24) is 10.2 Å². The molecule has 0 radical (unpaired) electrons. The van der Waals surface area contributed by atoms with E-state index in [2.05, 4.69) is 52.7 Å². The minimum atomic E-state index is -0.736. The van der Waals surface area contributed by atoms with Crippen LogP contribution < -0.4 is 5.32 Å². The highest BCUT2D eigenvalue weighted by atomic mass is 32.2. The van der Waals surface area contributed by atoms with Gasteiger partial charge in [0.1, 0.15) is 0 Å². The lowest BCUT2D eigenvalue weighted by Crippen LogP contribution is -2.43. The third-order valence-electron chi connectivity index (χ3n) is 4.22. The summed E-state index contributed by atoms with van der Waals surface area (Å²) in [6.45, 7) is 5.27. The summed E-state index contributed by atoms with van der Waals surface area (Å²) in [6, 6.07) is 8.58. The van der Waals surface area contributed by atoms with E-state index in [0.29, 0.717) is 32.6 Å². The van der Waals surface area contributed by atoms with E-state index in [0.717, 1.165) is 19.0 Å². The number of nitrogens with zero attached hydrogens (tertiary/aromatic N) is 2. The van der Waals surface area contributed by atoms with Crippen molar-refractivity contribution < 1.29 is 9.84 Å². The van der Waals surface area contributed by atoms with E-state index in [4.69, 9.17) is 4.74 Å². The minimum absolute atomic E-state index is 0.411. The van der Waals surface area contributed by atoms with Gasteiger partial charge in [-0.2, -0.15) is 0 Å². The van der Waals surface area contributed by atoms with Crippen LogP contribution in [0.3, 0.4) is 0 Å². The van der Waals surface area contributed by atoms with Crippen LogP contribution in [0.15, 0.2) is 34.2 Å². The molecule has 0 bridgehead atoms. The maximum absolute atomic E-state index is 10.6. The van der Waals surface area contributed by atoms with E-state index in [1.807, 2.05) is 7.05 Å². The number of hydrogen-bond acceptors (Lipinski definition) is 4. The zero-order chi connectivity index (χ0) is 17.4. The van der Waals surface area contributed by atoms with Crippen molar-refractivity contribution >= 4 is 17.7 Å². The van der Waals surface area contributed by atoms with Gasteiger partial charge < -0.3 is 20.1 Å². The Hall–Kier alpha value is -1.24. The number of aliphatic hydroxyl groups is 1. The Balaban J connectivity index is 2.00. The SMILES string of the molecule is CCNC(=NCC1(O)CCOCC1)N(C)Cc1ccc(SC)cc1. The van der Waals surface area contributed by atoms with Crippen LogP contribution >= 0.6 is 11.8 Å². The molecule has 24 heavy (non-hydrogen) atoms. The summed E-state index contributed by atoms with van der Waals surface area (Å²) < 4.78 is 5.33. The molecule has 0 atom stereocenters. The molecule has 0 spiro atoms. The Morgan fingerprint density at radius 3 is 2.58 bits per heavy atom. The number of ether oxygens (including phenoxy) is 1. The van der Waals surface area contributed by atoms with Crippen LogP contribution in [-0.2, 0) is 11.3 Å². The van der Waals surface area contributed by atoms with E-state index >= 15 is 0 Å².